The predicted molar refractivity (Wildman–Crippen MR) is 133 cm³/mol. The summed E-state index contributed by atoms with van der Waals surface area (Å²) >= 11 is 0. The number of carbonyl (C=O) groups is 1. The number of amides is 1. The van der Waals surface area contributed by atoms with E-state index >= 15 is 0 Å². The Morgan fingerprint density at radius 3 is 2.60 bits per heavy atom. The van der Waals surface area contributed by atoms with E-state index in [0.29, 0.717) is 11.5 Å². The third-order valence-electron chi connectivity index (χ3n) is 6.84. The van der Waals surface area contributed by atoms with E-state index in [2.05, 4.69) is 16.9 Å². The molecule has 0 N–H and O–H groups in total. The van der Waals surface area contributed by atoms with Crippen LogP contribution in [0.2, 0.25) is 0 Å². The predicted octanol–water partition coefficient (Wildman–Crippen LogP) is 3.54. The smallest absolute Gasteiger partial charge is 0.254 e. The van der Waals surface area contributed by atoms with Gasteiger partial charge in [0.05, 0.1) is 14.2 Å². The van der Waals surface area contributed by atoms with Crippen molar-refractivity contribution in [3.05, 3.63) is 53.3 Å². The van der Waals surface area contributed by atoms with Gasteiger partial charge in [0, 0.05) is 43.0 Å². The van der Waals surface area contributed by atoms with Gasteiger partial charge < -0.3 is 28.7 Å². The molecule has 0 unspecified atom stereocenters. The number of hydrogen-bond donors (Lipinski definition) is 0. The molecule has 0 aliphatic carbocycles. The summed E-state index contributed by atoms with van der Waals surface area (Å²) in [5, 5.41) is 2.17. The Labute approximate surface area is 205 Å². The lowest BCUT2D eigenvalue weighted by molar-refractivity contribution is 0.0733. The van der Waals surface area contributed by atoms with Crippen LogP contribution in [-0.4, -0.2) is 74.9 Å². The molecule has 0 bridgehead atoms. The highest BCUT2D eigenvalue weighted by Gasteiger charge is 2.27. The average molecular weight is 478 g/mol. The number of nitrogens with zero attached hydrogens (tertiary/aromatic N) is 3. The van der Waals surface area contributed by atoms with Crippen LogP contribution in [-0.2, 0) is 12.8 Å². The zero-order valence-electron chi connectivity index (χ0n) is 20.5. The van der Waals surface area contributed by atoms with Crippen molar-refractivity contribution >= 4 is 16.7 Å². The molecule has 2 aliphatic heterocycles. The summed E-state index contributed by atoms with van der Waals surface area (Å²) in [7, 11) is 5.41. The number of fused-ring (bicyclic) bond motifs is 3. The summed E-state index contributed by atoms with van der Waals surface area (Å²) in [6.45, 7) is 3.51. The first kappa shape index (κ1) is 23.2. The van der Waals surface area contributed by atoms with E-state index < -0.39 is 0 Å². The topological polar surface area (TPSA) is 73.4 Å². The van der Waals surface area contributed by atoms with Crippen LogP contribution in [0.1, 0.15) is 27.9 Å². The van der Waals surface area contributed by atoms with Crippen molar-refractivity contribution in [2.45, 2.75) is 19.3 Å². The standard InChI is InChI=1S/C27H31N3O5/c1-29(9-5-19-15-28-16-20-12-23(32-2)24(33-3)13-21(19)20)7-4-8-30-10-6-18-11-25-26(35-17-34-25)14-22(18)27(30)31/h11-16H,4-10,17H2,1-3H3. The zero-order valence-corrected chi connectivity index (χ0v) is 20.5. The molecule has 5 rings (SSSR count). The second kappa shape index (κ2) is 10.00. The van der Waals surface area contributed by atoms with E-state index in [1.807, 2.05) is 41.6 Å². The Hall–Kier alpha value is -3.52. The largest absolute Gasteiger partial charge is 0.493 e. The molecule has 0 radical (unpaired) electrons. The summed E-state index contributed by atoms with van der Waals surface area (Å²) in [5.74, 6) is 2.91. The van der Waals surface area contributed by atoms with Gasteiger partial charge in [-0.25, -0.2) is 0 Å². The summed E-state index contributed by atoms with van der Waals surface area (Å²) < 4.78 is 21.8. The van der Waals surface area contributed by atoms with Gasteiger partial charge >= 0.3 is 0 Å². The van der Waals surface area contributed by atoms with Gasteiger partial charge in [0.2, 0.25) is 6.79 Å². The Bertz CT molecular complexity index is 1250. The first-order valence-electron chi connectivity index (χ1n) is 12.0. The van der Waals surface area contributed by atoms with E-state index in [9.17, 15) is 4.79 Å². The van der Waals surface area contributed by atoms with Gasteiger partial charge in [0.1, 0.15) is 0 Å². The van der Waals surface area contributed by atoms with Gasteiger partial charge in [-0.05, 0) is 73.6 Å². The van der Waals surface area contributed by atoms with Gasteiger partial charge in [0.25, 0.3) is 5.91 Å². The first-order valence-corrected chi connectivity index (χ1v) is 12.0. The van der Waals surface area contributed by atoms with E-state index in [4.69, 9.17) is 18.9 Å². The van der Waals surface area contributed by atoms with Crippen LogP contribution in [0.15, 0.2) is 36.7 Å². The van der Waals surface area contributed by atoms with Crippen LogP contribution in [0.3, 0.4) is 0 Å². The Balaban J connectivity index is 1.15. The highest BCUT2D eigenvalue weighted by molar-refractivity contribution is 5.97. The fraction of sp³-hybridized carbons (Fsp3) is 0.407. The summed E-state index contributed by atoms with van der Waals surface area (Å²) in [6.07, 6.45) is 6.42. The molecule has 8 nitrogen and oxygen atoms in total. The second-order valence-corrected chi connectivity index (χ2v) is 9.04. The van der Waals surface area contributed by atoms with Crippen LogP contribution in [0.4, 0.5) is 0 Å². The lowest BCUT2D eigenvalue weighted by Crippen LogP contribution is -2.39. The van der Waals surface area contributed by atoms with Crippen molar-refractivity contribution in [2.75, 3.05) is 54.2 Å². The van der Waals surface area contributed by atoms with E-state index in [1.54, 1.807) is 14.2 Å². The molecular formula is C27H31N3O5. The zero-order chi connectivity index (χ0) is 24.4. The third-order valence-corrected chi connectivity index (χ3v) is 6.84. The normalized spacial score (nSPS) is 14.5. The number of aromatic nitrogens is 1. The summed E-state index contributed by atoms with van der Waals surface area (Å²) in [6, 6.07) is 7.78. The highest BCUT2D eigenvalue weighted by Crippen LogP contribution is 2.37. The monoisotopic (exact) mass is 477 g/mol. The molecule has 0 saturated heterocycles. The SMILES string of the molecule is COc1cc2cncc(CCN(C)CCCN3CCc4cc5c(cc4C3=O)OCO5)c2cc1OC. The molecule has 0 fully saturated rings. The van der Waals surface area contributed by atoms with Crippen molar-refractivity contribution in [2.24, 2.45) is 0 Å². The van der Waals surface area contributed by atoms with E-state index in [0.717, 1.165) is 78.8 Å². The molecule has 1 amide bonds. The molecular weight excluding hydrogens is 446 g/mol. The fourth-order valence-electron chi connectivity index (χ4n) is 4.84. The minimum Gasteiger partial charge on any atom is -0.493 e. The van der Waals surface area contributed by atoms with Gasteiger partial charge in [-0.15, -0.1) is 0 Å². The maximum absolute atomic E-state index is 13.0. The molecule has 0 atom stereocenters. The first-order chi connectivity index (χ1) is 17.1. The van der Waals surface area contributed by atoms with Crippen molar-refractivity contribution in [1.82, 2.24) is 14.8 Å². The average Bonchev–Trinajstić information content (AvgIpc) is 3.34. The maximum atomic E-state index is 13.0. The lowest BCUT2D eigenvalue weighted by Gasteiger charge is -2.29. The van der Waals surface area contributed by atoms with Crippen LogP contribution in [0.25, 0.3) is 10.8 Å². The molecule has 0 saturated carbocycles. The Morgan fingerprint density at radius 1 is 1.03 bits per heavy atom. The number of pyridine rings is 1. The lowest BCUT2D eigenvalue weighted by atomic mass is 9.98. The van der Waals surface area contributed by atoms with Crippen molar-refractivity contribution in [3.8, 4) is 23.0 Å². The van der Waals surface area contributed by atoms with Crippen molar-refractivity contribution in [3.63, 3.8) is 0 Å². The Kier molecular flexibility index (Phi) is 6.63. The van der Waals surface area contributed by atoms with Crippen LogP contribution >= 0.6 is 0 Å². The molecule has 0 spiro atoms. The maximum Gasteiger partial charge on any atom is 0.254 e. The molecule has 8 heteroatoms. The van der Waals surface area contributed by atoms with Crippen LogP contribution < -0.4 is 18.9 Å². The molecule has 3 heterocycles. The highest BCUT2D eigenvalue weighted by atomic mass is 16.7. The van der Waals surface area contributed by atoms with Gasteiger partial charge in [0.15, 0.2) is 23.0 Å². The second-order valence-electron chi connectivity index (χ2n) is 9.04. The van der Waals surface area contributed by atoms with Crippen molar-refractivity contribution < 1.29 is 23.7 Å². The number of rotatable bonds is 9. The third kappa shape index (κ3) is 4.71. The summed E-state index contributed by atoms with van der Waals surface area (Å²) in [4.78, 5) is 21.7. The molecule has 2 aliphatic rings. The van der Waals surface area contributed by atoms with E-state index in [1.165, 1.54) is 5.56 Å². The molecule has 2 aromatic carbocycles. The molecule has 1 aromatic heterocycles. The fourth-order valence-corrected chi connectivity index (χ4v) is 4.84. The molecule has 35 heavy (non-hydrogen) atoms. The minimum absolute atomic E-state index is 0.0819. The van der Waals surface area contributed by atoms with Crippen LogP contribution in [0, 0.1) is 0 Å². The van der Waals surface area contributed by atoms with E-state index in [-0.39, 0.29) is 12.7 Å². The quantitative estimate of drug-likeness (QED) is 0.467. The van der Waals surface area contributed by atoms with Crippen molar-refractivity contribution in [1.29, 1.82) is 0 Å². The number of likely N-dealkylation sites (N-methyl/N-ethyl adjacent to an activating group) is 1. The van der Waals surface area contributed by atoms with Gasteiger partial charge in [-0.2, -0.15) is 0 Å². The Morgan fingerprint density at radius 2 is 1.80 bits per heavy atom. The van der Waals surface area contributed by atoms with Gasteiger partial charge in [-0.3, -0.25) is 9.78 Å². The van der Waals surface area contributed by atoms with Crippen LogP contribution in [0.5, 0.6) is 23.0 Å². The number of hydrogen-bond acceptors (Lipinski definition) is 7. The number of benzene rings is 2. The van der Waals surface area contributed by atoms with Gasteiger partial charge in [-0.1, -0.05) is 0 Å². The molecule has 184 valence electrons. The minimum atomic E-state index is 0.0819. The number of ether oxygens (including phenoxy) is 4. The summed E-state index contributed by atoms with van der Waals surface area (Å²) in [5.41, 5.74) is 2.96. The number of methoxy groups -OCH3 is 2. The number of carbonyl (C=O) groups excluding carboxylic acids is 1. The molecule has 3 aromatic rings.